The number of rotatable bonds is 5. The van der Waals surface area contributed by atoms with Crippen molar-refractivity contribution in [2.45, 2.75) is 13.0 Å². The first-order valence-corrected chi connectivity index (χ1v) is 5.96. The largest absolute Gasteiger partial charge is 0.477 e. The van der Waals surface area contributed by atoms with Crippen LogP contribution in [0.1, 0.15) is 11.4 Å². The van der Waals surface area contributed by atoms with E-state index in [0.717, 1.165) is 5.69 Å². The lowest BCUT2D eigenvalue weighted by atomic mass is 10.3. The molecule has 0 saturated carbocycles. The summed E-state index contributed by atoms with van der Waals surface area (Å²) in [5.74, 6) is 0.458. The zero-order valence-corrected chi connectivity index (χ0v) is 10.5. The molecule has 2 aromatic rings. The number of aliphatic hydroxyl groups is 1. The number of hydrogen-bond donors (Lipinski definition) is 1. The molecular formula is C13H13ClN2O2. The molecule has 2 rings (SSSR count). The van der Waals surface area contributed by atoms with Crippen molar-refractivity contribution in [3.63, 3.8) is 0 Å². The van der Waals surface area contributed by atoms with Crippen molar-refractivity contribution in [1.29, 1.82) is 0 Å². The third-order valence-corrected chi connectivity index (χ3v) is 2.72. The number of hydrogen-bond acceptors (Lipinski definition) is 4. The van der Waals surface area contributed by atoms with Crippen LogP contribution in [0.5, 0.6) is 5.88 Å². The Morgan fingerprint density at radius 3 is 2.83 bits per heavy atom. The fourth-order valence-corrected chi connectivity index (χ4v) is 1.63. The van der Waals surface area contributed by atoms with Crippen LogP contribution in [0.4, 0.5) is 0 Å². The molecule has 1 N–H and O–H groups in total. The minimum Gasteiger partial charge on any atom is -0.477 e. The van der Waals surface area contributed by atoms with Crippen molar-refractivity contribution in [2.24, 2.45) is 0 Å². The highest BCUT2D eigenvalue weighted by atomic mass is 35.5. The van der Waals surface area contributed by atoms with Gasteiger partial charge in [-0.15, -0.1) is 0 Å². The quantitative estimate of drug-likeness (QED) is 0.900. The molecule has 18 heavy (non-hydrogen) atoms. The van der Waals surface area contributed by atoms with E-state index in [2.05, 4.69) is 9.97 Å². The van der Waals surface area contributed by atoms with Crippen LogP contribution in [-0.2, 0) is 13.0 Å². The first kappa shape index (κ1) is 12.8. The van der Waals surface area contributed by atoms with E-state index >= 15 is 0 Å². The predicted molar refractivity (Wildman–Crippen MR) is 68.6 cm³/mol. The SMILES string of the molecule is OCc1nc(OCCc2ccccn2)ccc1Cl. The van der Waals surface area contributed by atoms with E-state index in [1.807, 2.05) is 18.2 Å². The van der Waals surface area contributed by atoms with Gasteiger partial charge in [0.15, 0.2) is 0 Å². The van der Waals surface area contributed by atoms with E-state index in [4.69, 9.17) is 21.4 Å². The molecular weight excluding hydrogens is 252 g/mol. The predicted octanol–water partition coefficient (Wildman–Crippen LogP) is 2.24. The van der Waals surface area contributed by atoms with Crippen LogP contribution in [0.3, 0.4) is 0 Å². The summed E-state index contributed by atoms with van der Waals surface area (Å²) >= 11 is 5.84. The van der Waals surface area contributed by atoms with Crippen molar-refractivity contribution >= 4 is 11.6 Å². The lowest BCUT2D eigenvalue weighted by Gasteiger charge is -2.07. The third-order valence-electron chi connectivity index (χ3n) is 2.38. The van der Waals surface area contributed by atoms with Crippen LogP contribution < -0.4 is 4.74 Å². The van der Waals surface area contributed by atoms with Gasteiger partial charge in [0.25, 0.3) is 0 Å². The van der Waals surface area contributed by atoms with Gasteiger partial charge < -0.3 is 9.84 Å². The van der Waals surface area contributed by atoms with Crippen LogP contribution in [0, 0.1) is 0 Å². The molecule has 4 nitrogen and oxygen atoms in total. The number of pyridine rings is 2. The molecule has 5 heteroatoms. The topological polar surface area (TPSA) is 55.2 Å². The van der Waals surface area contributed by atoms with Crippen LogP contribution in [0.25, 0.3) is 0 Å². The molecule has 0 amide bonds. The first-order valence-electron chi connectivity index (χ1n) is 5.58. The number of aliphatic hydroxyl groups excluding tert-OH is 1. The molecule has 0 radical (unpaired) electrons. The third kappa shape index (κ3) is 3.42. The van der Waals surface area contributed by atoms with Gasteiger partial charge in [0.05, 0.1) is 23.9 Å². The zero-order valence-electron chi connectivity index (χ0n) is 9.71. The van der Waals surface area contributed by atoms with Gasteiger partial charge in [0, 0.05) is 24.4 Å². The van der Waals surface area contributed by atoms with Crippen LogP contribution in [-0.4, -0.2) is 21.7 Å². The van der Waals surface area contributed by atoms with Gasteiger partial charge in [-0.05, 0) is 18.2 Å². The molecule has 0 saturated heterocycles. The average Bonchev–Trinajstić information content (AvgIpc) is 2.42. The fraction of sp³-hybridized carbons (Fsp3) is 0.231. The number of ether oxygens (including phenoxy) is 1. The van der Waals surface area contributed by atoms with Crippen molar-refractivity contribution in [3.8, 4) is 5.88 Å². The molecule has 0 aromatic carbocycles. The molecule has 94 valence electrons. The lowest BCUT2D eigenvalue weighted by Crippen LogP contribution is -2.04. The maximum atomic E-state index is 9.03. The maximum Gasteiger partial charge on any atom is 0.213 e. The van der Waals surface area contributed by atoms with E-state index in [1.54, 1.807) is 18.3 Å². The van der Waals surface area contributed by atoms with Crippen molar-refractivity contribution < 1.29 is 9.84 Å². The van der Waals surface area contributed by atoms with Gasteiger partial charge in [-0.3, -0.25) is 4.98 Å². The van der Waals surface area contributed by atoms with E-state index in [9.17, 15) is 0 Å². The Morgan fingerprint density at radius 1 is 1.22 bits per heavy atom. The standard InChI is InChI=1S/C13H13ClN2O2/c14-11-4-5-13(16-12(11)9-17)18-8-6-10-3-1-2-7-15-10/h1-5,7,17H,6,8-9H2. The van der Waals surface area contributed by atoms with Gasteiger partial charge >= 0.3 is 0 Å². The molecule has 0 spiro atoms. The van der Waals surface area contributed by atoms with E-state index in [1.165, 1.54) is 0 Å². The van der Waals surface area contributed by atoms with E-state index < -0.39 is 0 Å². The van der Waals surface area contributed by atoms with Gasteiger partial charge in [-0.1, -0.05) is 17.7 Å². The summed E-state index contributed by atoms with van der Waals surface area (Å²) in [6.07, 6.45) is 2.46. The van der Waals surface area contributed by atoms with Crippen LogP contribution in [0.15, 0.2) is 36.5 Å². The first-order chi connectivity index (χ1) is 8.79. The molecule has 0 bridgehead atoms. The summed E-state index contributed by atoms with van der Waals surface area (Å²) < 4.78 is 5.49. The minimum atomic E-state index is -0.198. The summed E-state index contributed by atoms with van der Waals surface area (Å²) in [4.78, 5) is 8.29. The molecule has 0 unspecified atom stereocenters. The van der Waals surface area contributed by atoms with Gasteiger partial charge in [0.1, 0.15) is 0 Å². The van der Waals surface area contributed by atoms with Crippen molar-refractivity contribution in [3.05, 3.63) is 52.9 Å². The van der Waals surface area contributed by atoms with E-state index in [0.29, 0.717) is 29.6 Å². The summed E-state index contributed by atoms with van der Waals surface area (Å²) in [5.41, 5.74) is 1.39. The fourth-order valence-electron chi connectivity index (χ4n) is 1.46. The molecule has 2 aromatic heterocycles. The number of nitrogens with zero attached hydrogens (tertiary/aromatic N) is 2. The number of aromatic nitrogens is 2. The highest BCUT2D eigenvalue weighted by Gasteiger charge is 2.03. The van der Waals surface area contributed by atoms with Crippen LogP contribution >= 0.6 is 11.6 Å². The second-order valence-corrected chi connectivity index (χ2v) is 4.06. The summed E-state index contributed by atoms with van der Waals surface area (Å²) in [5, 5.41) is 9.47. The highest BCUT2D eigenvalue weighted by Crippen LogP contribution is 2.17. The molecule has 0 aliphatic rings. The van der Waals surface area contributed by atoms with Crippen molar-refractivity contribution in [1.82, 2.24) is 9.97 Å². The minimum absolute atomic E-state index is 0.198. The van der Waals surface area contributed by atoms with E-state index in [-0.39, 0.29) is 6.61 Å². The van der Waals surface area contributed by atoms with Crippen LogP contribution in [0.2, 0.25) is 5.02 Å². The Hall–Kier alpha value is -1.65. The summed E-state index contributed by atoms with van der Waals surface area (Å²) in [6.45, 7) is 0.285. The lowest BCUT2D eigenvalue weighted by molar-refractivity contribution is 0.269. The Kier molecular flexibility index (Phi) is 4.50. The van der Waals surface area contributed by atoms with Gasteiger partial charge in [-0.2, -0.15) is 0 Å². The second kappa shape index (κ2) is 6.33. The Morgan fingerprint density at radius 2 is 2.11 bits per heavy atom. The normalized spacial score (nSPS) is 10.3. The van der Waals surface area contributed by atoms with Crippen molar-refractivity contribution in [2.75, 3.05) is 6.61 Å². The average molecular weight is 265 g/mol. The molecule has 0 aliphatic carbocycles. The Bertz CT molecular complexity index is 506. The molecule has 0 atom stereocenters. The van der Waals surface area contributed by atoms with Gasteiger partial charge in [-0.25, -0.2) is 4.98 Å². The van der Waals surface area contributed by atoms with Gasteiger partial charge in [0.2, 0.25) is 5.88 Å². The maximum absolute atomic E-state index is 9.03. The zero-order chi connectivity index (χ0) is 12.8. The highest BCUT2D eigenvalue weighted by molar-refractivity contribution is 6.31. The molecule has 2 heterocycles. The smallest absolute Gasteiger partial charge is 0.213 e. The monoisotopic (exact) mass is 264 g/mol. The molecule has 0 aliphatic heterocycles. The Labute approximate surface area is 110 Å². The second-order valence-electron chi connectivity index (χ2n) is 3.66. The Balaban J connectivity index is 1.91. The summed E-state index contributed by atoms with van der Waals surface area (Å²) in [6, 6.07) is 9.10. The summed E-state index contributed by atoms with van der Waals surface area (Å²) in [7, 11) is 0. The number of halogens is 1. The molecule has 0 fully saturated rings.